The smallest absolute Gasteiger partial charge is 0.273 e. The molecule has 0 N–H and O–H groups in total. The highest BCUT2D eigenvalue weighted by Gasteiger charge is 2.10. The Morgan fingerprint density at radius 2 is 2.13 bits per heavy atom. The highest BCUT2D eigenvalue weighted by molar-refractivity contribution is 7.11. The summed E-state index contributed by atoms with van der Waals surface area (Å²) in [5.74, 6) is -1.22. The average Bonchev–Trinajstić information content (AvgIpc) is 2.66. The summed E-state index contributed by atoms with van der Waals surface area (Å²) in [5, 5.41) is 2.11. The predicted octanol–water partition coefficient (Wildman–Crippen LogP) is 3.10. The summed E-state index contributed by atoms with van der Waals surface area (Å²) in [6.07, 6.45) is 0. The molecule has 0 aliphatic rings. The van der Waals surface area contributed by atoms with E-state index in [4.69, 9.17) is 4.74 Å². The van der Waals surface area contributed by atoms with E-state index < -0.39 is 11.6 Å². The molecule has 2 aromatic rings. The third kappa shape index (κ3) is 1.97. The molecule has 2 rings (SSSR count). The molecule has 1 aromatic heterocycles. The van der Waals surface area contributed by atoms with Crippen molar-refractivity contribution >= 4 is 11.3 Å². The van der Waals surface area contributed by atoms with Gasteiger partial charge in [-0.3, -0.25) is 0 Å². The lowest BCUT2D eigenvalue weighted by Gasteiger charge is -1.98. The number of nitrogens with zero attached hydrogens (tertiary/aromatic N) is 1. The molecular formula is C10H7F2NOS. The van der Waals surface area contributed by atoms with E-state index in [0.29, 0.717) is 10.9 Å². The number of thiazole rings is 1. The normalized spacial score (nSPS) is 10.3. The van der Waals surface area contributed by atoms with Crippen molar-refractivity contribution in [3.05, 3.63) is 35.2 Å². The Kier molecular flexibility index (Phi) is 2.64. The molecule has 78 valence electrons. The maximum Gasteiger partial charge on any atom is 0.273 e. The Hall–Kier alpha value is -1.49. The van der Waals surface area contributed by atoms with E-state index in [1.54, 1.807) is 5.38 Å². The molecule has 5 heteroatoms. The molecule has 0 bridgehead atoms. The molecule has 0 fully saturated rings. The summed E-state index contributed by atoms with van der Waals surface area (Å²) >= 11 is 1.26. The SMILES string of the molecule is COc1nc(-c2ccc(F)cc2F)cs1. The topological polar surface area (TPSA) is 22.1 Å². The predicted molar refractivity (Wildman–Crippen MR) is 54.0 cm³/mol. The van der Waals surface area contributed by atoms with Crippen LogP contribution in [-0.4, -0.2) is 12.1 Å². The Morgan fingerprint density at radius 1 is 1.33 bits per heavy atom. The molecule has 0 saturated heterocycles. The minimum atomic E-state index is -0.622. The summed E-state index contributed by atoms with van der Waals surface area (Å²) in [4.78, 5) is 4.02. The van der Waals surface area contributed by atoms with Crippen molar-refractivity contribution in [2.45, 2.75) is 0 Å². The number of benzene rings is 1. The van der Waals surface area contributed by atoms with Crippen molar-refractivity contribution in [2.24, 2.45) is 0 Å². The molecular weight excluding hydrogens is 220 g/mol. The van der Waals surface area contributed by atoms with Gasteiger partial charge in [0, 0.05) is 17.0 Å². The van der Waals surface area contributed by atoms with E-state index in [2.05, 4.69) is 4.98 Å². The van der Waals surface area contributed by atoms with Crippen LogP contribution in [0, 0.1) is 11.6 Å². The molecule has 0 saturated carbocycles. The summed E-state index contributed by atoms with van der Waals surface area (Å²) in [5.41, 5.74) is 0.727. The Bertz CT molecular complexity index is 484. The molecule has 1 heterocycles. The second-order valence-corrected chi connectivity index (χ2v) is 3.65. The third-order valence-electron chi connectivity index (χ3n) is 1.86. The fraction of sp³-hybridized carbons (Fsp3) is 0.100. The zero-order chi connectivity index (χ0) is 10.8. The highest BCUT2D eigenvalue weighted by Crippen LogP contribution is 2.28. The monoisotopic (exact) mass is 227 g/mol. The number of methoxy groups -OCH3 is 1. The van der Waals surface area contributed by atoms with Crippen LogP contribution in [0.5, 0.6) is 5.19 Å². The maximum atomic E-state index is 13.3. The van der Waals surface area contributed by atoms with Gasteiger partial charge in [-0.25, -0.2) is 13.8 Å². The first-order chi connectivity index (χ1) is 7.20. The largest absolute Gasteiger partial charge is 0.473 e. The Morgan fingerprint density at radius 3 is 2.73 bits per heavy atom. The highest BCUT2D eigenvalue weighted by atomic mass is 32.1. The van der Waals surface area contributed by atoms with Crippen molar-refractivity contribution in [3.63, 3.8) is 0 Å². The van der Waals surface area contributed by atoms with Gasteiger partial charge < -0.3 is 4.74 Å². The number of ether oxygens (including phenoxy) is 1. The molecule has 0 amide bonds. The molecule has 0 atom stereocenters. The number of hydrogen-bond donors (Lipinski definition) is 0. The van der Waals surface area contributed by atoms with E-state index in [1.165, 1.54) is 30.6 Å². The van der Waals surface area contributed by atoms with Crippen molar-refractivity contribution < 1.29 is 13.5 Å². The first-order valence-electron chi connectivity index (χ1n) is 4.15. The Balaban J connectivity index is 2.44. The number of hydrogen-bond acceptors (Lipinski definition) is 3. The van der Waals surface area contributed by atoms with Crippen LogP contribution in [0.2, 0.25) is 0 Å². The molecule has 1 aromatic carbocycles. The lowest BCUT2D eigenvalue weighted by atomic mass is 10.1. The van der Waals surface area contributed by atoms with Crippen molar-refractivity contribution in [1.82, 2.24) is 4.98 Å². The third-order valence-corrected chi connectivity index (χ3v) is 2.67. The van der Waals surface area contributed by atoms with Crippen LogP contribution in [0.25, 0.3) is 11.3 Å². The molecule has 0 unspecified atom stereocenters. The minimum Gasteiger partial charge on any atom is -0.473 e. The molecule has 15 heavy (non-hydrogen) atoms. The van der Waals surface area contributed by atoms with Crippen LogP contribution in [0.3, 0.4) is 0 Å². The average molecular weight is 227 g/mol. The van der Waals surface area contributed by atoms with Crippen LogP contribution in [0.15, 0.2) is 23.6 Å². The minimum absolute atomic E-state index is 0.274. The van der Waals surface area contributed by atoms with Gasteiger partial charge in [-0.2, -0.15) is 0 Å². The van der Waals surface area contributed by atoms with Gasteiger partial charge in [-0.1, -0.05) is 11.3 Å². The standard InChI is InChI=1S/C10H7F2NOS/c1-14-10-13-9(5-15-10)7-3-2-6(11)4-8(7)12/h2-5H,1H3. The quantitative estimate of drug-likeness (QED) is 0.786. The van der Waals surface area contributed by atoms with Gasteiger partial charge in [0.2, 0.25) is 0 Å². The van der Waals surface area contributed by atoms with Crippen molar-refractivity contribution in [3.8, 4) is 16.5 Å². The summed E-state index contributed by atoms with van der Waals surface area (Å²) in [6.45, 7) is 0. The van der Waals surface area contributed by atoms with E-state index in [0.717, 1.165) is 6.07 Å². The molecule has 0 spiro atoms. The first-order valence-corrected chi connectivity index (χ1v) is 5.03. The van der Waals surface area contributed by atoms with Crippen LogP contribution in [-0.2, 0) is 0 Å². The van der Waals surface area contributed by atoms with Crippen LogP contribution in [0.4, 0.5) is 8.78 Å². The zero-order valence-electron chi connectivity index (χ0n) is 7.83. The van der Waals surface area contributed by atoms with E-state index in [-0.39, 0.29) is 5.56 Å². The van der Waals surface area contributed by atoms with E-state index >= 15 is 0 Å². The van der Waals surface area contributed by atoms with Crippen molar-refractivity contribution in [2.75, 3.05) is 7.11 Å². The van der Waals surface area contributed by atoms with Gasteiger partial charge in [0.25, 0.3) is 5.19 Å². The number of aromatic nitrogens is 1. The molecule has 0 aliphatic heterocycles. The first kappa shape index (κ1) is 10.0. The maximum absolute atomic E-state index is 13.3. The molecule has 0 radical (unpaired) electrons. The summed E-state index contributed by atoms with van der Waals surface area (Å²) in [6, 6.07) is 3.39. The lowest BCUT2D eigenvalue weighted by molar-refractivity contribution is 0.412. The van der Waals surface area contributed by atoms with Crippen LogP contribution < -0.4 is 4.74 Å². The lowest BCUT2D eigenvalue weighted by Crippen LogP contribution is -1.87. The van der Waals surface area contributed by atoms with Gasteiger partial charge in [-0.05, 0) is 12.1 Å². The number of halogens is 2. The molecule has 2 nitrogen and oxygen atoms in total. The van der Waals surface area contributed by atoms with Gasteiger partial charge in [-0.15, -0.1) is 0 Å². The fourth-order valence-corrected chi connectivity index (χ4v) is 1.81. The summed E-state index contributed by atoms with van der Waals surface area (Å²) < 4.78 is 30.9. The Labute approximate surface area is 89.2 Å². The second kappa shape index (κ2) is 3.94. The zero-order valence-corrected chi connectivity index (χ0v) is 8.65. The fourth-order valence-electron chi connectivity index (χ4n) is 1.17. The van der Waals surface area contributed by atoms with Crippen LogP contribution in [0.1, 0.15) is 0 Å². The number of rotatable bonds is 2. The second-order valence-electron chi connectivity index (χ2n) is 2.83. The summed E-state index contributed by atoms with van der Waals surface area (Å²) in [7, 11) is 1.49. The van der Waals surface area contributed by atoms with Gasteiger partial charge in [0.15, 0.2) is 0 Å². The van der Waals surface area contributed by atoms with Gasteiger partial charge in [0.05, 0.1) is 12.8 Å². The van der Waals surface area contributed by atoms with Gasteiger partial charge in [0.1, 0.15) is 11.6 Å². The van der Waals surface area contributed by atoms with E-state index in [9.17, 15) is 8.78 Å². The molecule has 0 aliphatic carbocycles. The van der Waals surface area contributed by atoms with Gasteiger partial charge >= 0.3 is 0 Å². The van der Waals surface area contributed by atoms with Crippen molar-refractivity contribution in [1.29, 1.82) is 0 Å². The van der Waals surface area contributed by atoms with E-state index in [1.807, 2.05) is 0 Å². The van der Waals surface area contributed by atoms with Crippen LogP contribution >= 0.6 is 11.3 Å².